The Balaban J connectivity index is 4.39. The fourth-order valence-electron chi connectivity index (χ4n) is 3.14. The highest BCUT2D eigenvalue weighted by Crippen LogP contribution is 2.25. The SMILES string of the molecule is CCCCCCCCCCCC=C(SC[C@H](N)C(=O)NCC(=O)O)[C@@H](O)CCCCO. The third kappa shape index (κ3) is 18.2. The number of amides is 1. The minimum Gasteiger partial charge on any atom is -0.480 e. The molecule has 0 heterocycles. The van der Waals surface area contributed by atoms with E-state index in [-0.39, 0.29) is 12.4 Å². The predicted octanol–water partition coefficient (Wildman–Crippen LogP) is 3.58. The zero-order valence-corrected chi connectivity index (χ0v) is 20.0. The molecule has 0 aromatic rings. The summed E-state index contributed by atoms with van der Waals surface area (Å²) < 4.78 is 0. The van der Waals surface area contributed by atoms with E-state index in [1.165, 1.54) is 63.1 Å². The molecule has 0 bridgehead atoms. The lowest BCUT2D eigenvalue weighted by molar-refractivity contribution is -0.138. The first kappa shape index (κ1) is 29.9. The van der Waals surface area contributed by atoms with E-state index in [1.54, 1.807) is 0 Å². The molecule has 0 aromatic carbocycles. The number of allylic oxidation sites excluding steroid dienone is 1. The van der Waals surface area contributed by atoms with E-state index in [0.29, 0.717) is 12.8 Å². The topological polar surface area (TPSA) is 133 Å². The molecule has 0 unspecified atom stereocenters. The van der Waals surface area contributed by atoms with Crippen LogP contribution < -0.4 is 11.1 Å². The van der Waals surface area contributed by atoms with Crippen molar-refractivity contribution < 1.29 is 24.9 Å². The molecule has 2 atom stereocenters. The van der Waals surface area contributed by atoms with Gasteiger partial charge in [-0.1, -0.05) is 64.4 Å². The van der Waals surface area contributed by atoms with Crippen LogP contribution in [0.4, 0.5) is 0 Å². The zero-order valence-electron chi connectivity index (χ0n) is 19.2. The second kappa shape index (κ2) is 20.8. The van der Waals surface area contributed by atoms with Crippen LogP contribution in [0.1, 0.15) is 90.4 Å². The van der Waals surface area contributed by atoms with Gasteiger partial charge in [0.1, 0.15) is 6.54 Å². The van der Waals surface area contributed by atoms with E-state index >= 15 is 0 Å². The van der Waals surface area contributed by atoms with Crippen LogP contribution in [0.3, 0.4) is 0 Å². The second-order valence-corrected chi connectivity index (χ2v) is 9.08. The number of carboxylic acids is 1. The van der Waals surface area contributed by atoms with Gasteiger partial charge in [0.15, 0.2) is 0 Å². The maximum Gasteiger partial charge on any atom is 0.322 e. The molecular weight excluding hydrogens is 416 g/mol. The first-order valence-electron chi connectivity index (χ1n) is 11.8. The predicted molar refractivity (Wildman–Crippen MR) is 128 cm³/mol. The molecule has 31 heavy (non-hydrogen) atoms. The molecule has 1 amide bonds. The third-order valence-electron chi connectivity index (χ3n) is 5.05. The Morgan fingerprint density at radius 1 is 1.00 bits per heavy atom. The van der Waals surface area contributed by atoms with Crippen molar-refractivity contribution in [3.05, 3.63) is 11.0 Å². The smallest absolute Gasteiger partial charge is 0.322 e. The van der Waals surface area contributed by atoms with Crippen molar-refractivity contribution in [2.45, 2.75) is 103 Å². The van der Waals surface area contributed by atoms with Crippen molar-refractivity contribution in [1.82, 2.24) is 5.32 Å². The van der Waals surface area contributed by atoms with Crippen molar-refractivity contribution in [2.24, 2.45) is 5.73 Å². The molecule has 7 nitrogen and oxygen atoms in total. The lowest BCUT2D eigenvalue weighted by atomic mass is 10.1. The minimum absolute atomic E-state index is 0.103. The molecule has 0 saturated heterocycles. The Labute approximate surface area is 192 Å². The van der Waals surface area contributed by atoms with Crippen LogP contribution in [-0.4, -0.2) is 58.2 Å². The summed E-state index contributed by atoms with van der Waals surface area (Å²) in [7, 11) is 0. The number of hydrogen-bond donors (Lipinski definition) is 5. The molecule has 0 spiro atoms. The Hall–Kier alpha value is -1.09. The van der Waals surface area contributed by atoms with Gasteiger partial charge < -0.3 is 26.4 Å². The van der Waals surface area contributed by atoms with Crippen molar-refractivity contribution in [3.8, 4) is 0 Å². The van der Waals surface area contributed by atoms with Crippen LogP contribution in [0.5, 0.6) is 0 Å². The summed E-state index contributed by atoms with van der Waals surface area (Å²) in [6.07, 6.45) is 15.5. The van der Waals surface area contributed by atoms with Crippen molar-refractivity contribution in [2.75, 3.05) is 18.9 Å². The van der Waals surface area contributed by atoms with Crippen LogP contribution >= 0.6 is 11.8 Å². The Kier molecular flexibility index (Phi) is 20.1. The molecule has 0 aliphatic carbocycles. The van der Waals surface area contributed by atoms with Crippen LogP contribution in [-0.2, 0) is 9.59 Å². The fraction of sp³-hybridized carbons (Fsp3) is 0.826. The summed E-state index contributed by atoms with van der Waals surface area (Å²) in [6.45, 7) is 1.87. The van der Waals surface area contributed by atoms with Crippen molar-refractivity contribution >= 4 is 23.6 Å². The number of rotatable bonds is 21. The van der Waals surface area contributed by atoms with Gasteiger partial charge in [0, 0.05) is 17.3 Å². The average molecular weight is 461 g/mol. The van der Waals surface area contributed by atoms with Gasteiger partial charge in [-0.25, -0.2) is 0 Å². The van der Waals surface area contributed by atoms with Crippen LogP contribution in [0, 0.1) is 0 Å². The molecule has 0 radical (unpaired) electrons. The van der Waals surface area contributed by atoms with E-state index in [4.69, 9.17) is 15.9 Å². The van der Waals surface area contributed by atoms with Crippen molar-refractivity contribution in [3.63, 3.8) is 0 Å². The number of carbonyl (C=O) groups is 2. The Morgan fingerprint density at radius 2 is 1.61 bits per heavy atom. The van der Waals surface area contributed by atoms with Gasteiger partial charge in [0.05, 0.1) is 12.1 Å². The van der Waals surface area contributed by atoms with E-state index in [2.05, 4.69) is 12.2 Å². The van der Waals surface area contributed by atoms with E-state index < -0.39 is 30.6 Å². The normalized spacial score (nSPS) is 13.7. The Morgan fingerprint density at radius 3 is 2.19 bits per heavy atom. The highest BCUT2D eigenvalue weighted by molar-refractivity contribution is 8.03. The third-order valence-corrected chi connectivity index (χ3v) is 6.35. The van der Waals surface area contributed by atoms with Gasteiger partial charge >= 0.3 is 5.97 Å². The lowest BCUT2D eigenvalue weighted by Crippen LogP contribution is -2.44. The van der Waals surface area contributed by atoms with E-state index in [9.17, 15) is 14.7 Å². The van der Waals surface area contributed by atoms with Crippen LogP contribution in [0.2, 0.25) is 0 Å². The van der Waals surface area contributed by atoms with Gasteiger partial charge in [-0.3, -0.25) is 9.59 Å². The number of unbranched alkanes of at least 4 members (excludes halogenated alkanes) is 10. The largest absolute Gasteiger partial charge is 0.480 e. The first-order valence-corrected chi connectivity index (χ1v) is 12.8. The number of nitrogens with one attached hydrogen (secondary N) is 1. The molecular formula is C23H44N2O5S. The van der Waals surface area contributed by atoms with Gasteiger partial charge in [-0.15, -0.1) is 11.8 Å². The highest BCUT2D eigenvalue weighted by Gasteiger charge is 2.18. The highest BCUT2D eigenvalue weighted by atomic mass is 32.2. The van der Waals surface area contributed by atoms with E-state index in [1.807, 2.05) is 6.08 Å². The monoisotopic (exact) mass is 460 g/mol. The summed E-state index contributed by atoms with van der Waals surface area (Å²) in [5, 5.41) is 30.4. The molecule has 182 valence electrons. The van der Waals surface area contributed by atoms with Gasteiger partial charge in [0.2, 0.25) is 5.91 Å². The molecule has 6 N–H and O–H groups in total. The molecule has 0 rings (SSSR count). The zero-order chi connectivity index (χ0) is 23.3. The summed E-state index contributed by atoms with van der Waals surface area (Å²) in [6, 6.07) is -0.842. The number of carbonyl (C=O) groups excluding carboxylic acids is 1. The quantitative estimate of drug-likeness (QED) is 0.165. The lowest BCUT2D eigenvalue weighted by Gasteiger charge is -2.17. The number of aliphatic carboxylic acids is 1. The number of hydrogen-bond acceptors (Lipinski definition) is 6. The van der Waals surface area contributed by atoms with Gasteiger partial charge in [-0.2, -0.15) is 0 Å². The van der Waals surface area contributed by atoms with Crippen molar-refractivity contribution in [1.29, 1.82) is 0 Å². The van der Waals surface area contributed by atoms with Gasteiger partial charge in [-0.05, 0) is 32.1 Å². The summed E-state index contributed by atoms with van der Waals surface area (Å²) in [5.41, 5.74) is 5.86. The first-order chi connectivity index (χ1) is 14.9. The van der Waals surface area contributed by atoms with Crippen LogP contribution in [0.25, 0.3) is 0 Å². The van der Waals surface area contributed by atoms with E-state index in [0.717, 1.165) is 24.2 Å². The molecule has 0 saturated carbocycles. The number of carboxylic acid groups (broad SMARTS) is 1. The molecule has 0 aliphatic heterocycles. The molecule has 0 aromatic heterocycles. The summed E-state index contributed by atoms with van der Waals surface area (Å²) >= 11 is 1.35. The minimum atomic E-state index is -1.12. The number of aliphatic hydroxyl groups excluding tert-OH is 2. The average Bonchev–Trinajstić information content (AvgIpc) is 2.75. The summed E-state index contributed by atoms with van der Waals surface area (Å²) in [5.74, 6) is -1.36. The standard InChI is InChI=1S/C23H44N2O5S/c1-2-3-4-5-6-7-8-9-10-11-15-21(20(27)14-12-13-16-26)31-18-19(24)23(30)25-17-22(28)29/h15,19-20,26-27H,2-14,16-18,24H2,1H3,(H,25,30)(H,28,29)/t19-,20-/m0/s1. The number of aliphatic hydroxyl groups is 2. The second-order valence-electron chi connectivity index (χ2n) is 7.99. The maximum atomic E-state index is 11.9. The van der Waals surface area contributed by atoms with Crippen LogP contribution in [0.15, 0.2) is 11.0 Å². The maximum absolute atomic E-state index is 11.9. The summed E-state index contributed by atoms with van der Waals surface area (Å²) in [4.78, 5) is 23.2. The fourth-order valence-corrected chi connectivity index (χ4v) is 4.21. The number of nitrogens with two attached hydrogens (primary N) is 1. The van der Waals surface area contributed by atoms with Gasteiger partial charge in [0.25, 0.3) is 0 Å². The molecule has 0 aliphatic rings. The molecule has 8 heteroatoms. The molecule has 0 fully saturated rings. The Bertz CT molecular complexity index is 502. The number of thioether (sulfide) groups is 1.